The standard InChI is InChI=1S/C19H18ClN5O3/c20-15-2-4-16(5-3-15)22-19(26)13-23-7-9-24(10-8-23)17-6-1-14(12-21)11-18(17)25(27)28/h1-6,11H,7-10,13H2,(H,22,26). The van der Waals surface area contributed by atoms with Crippen molar-refractivity contribution in [1.82, 2.24) is 4.90 Å². The number of benzene rings is 2. The van der Waals surface area contributed by atoms with Gasteiger partial charge in [0.25, 0.3) is 5.69 Å². The summed E-state index contributed by atoms with van der Waals surface area (Å²) < 4.78 is 0. The summed E-state index contributed by atoms with van der Waals surface area (Å²) in [5, 5.41) is 23.7. The van der Waals surface area contributed by atoms with E-state index in [1.54, 1.807) is 36.4 Å². The van der Waals surface area contributed by atoms with Crippen molar-refractivity contribution in [2.24, 2.45) is 0 Å². The summed E-state index contributed by atoms with van der Waals surface area (Å²) in [5.74, 6) is -0.125. The largest absolute Gasteiger partial charge is 0.363 e. The van der Waals surface area contributed by atoms with Crippen molar-refractivity contribution in [2.75, 3.05) is 42.9 Å². The number of nitriles is 1. The van der Waals surface area contributed by atoms with E-state index in [1.165, 1.54) is 6.07 Å². The number of halogens is 1. The number of nitro benzene ring substituents is 1. The summed E-state index contributed by atoms with van der Waals surface area (Å²) in [7, 11) is 0. The normalized spacial score (nSPS) is 14.4. The predicted molar refractivity (Wildman–Crippen MR) is 107 cm³/mol. The van der Waals surface area contributed by atoms with Gasteiger partial charge in [-0.2, -0.15) is 5.26 Å². The van der Waals surface area contributed by atoms with Crippen LogP contribution in [0.2, 0.25) is 5.02 Å². The SMILES string of the molecule is N#Cc1ccc(N2CCN(CC(=O)Nc3ccc(Cl)cc3)CC2)c([N+](=O)[O-])c1. The first kappa shape index (κ1) is 19.6. The molecule has 2 aromatic carbocycles. The van der Waals surface area contributed by atoms with Gasteiger partial charge in [-0.05, 0) is 36.4 Å². The molecule has 0 aromatic heterocycles. The Morgan fingerprint density at radius 2 is 1.86 bits per heavy atom. The van der Waals surface area contributed by atoms with Crippen molar-refractivity contribution in [3.63, 3.8) is 0 Å². The zero-order chi connectivity index (χ0) is 20.1. The zero-order valence-electron chi connectivity index (χ0n) is 15.0. The highest BCUT2D eigenvalue weighted by atomic mass is 35.5. The first-order chi connectivity index (χ1) is 13.5. The van der Waals surface area contributed by atoms with E-state index in [-0.39, 0.29) is 23.7 Å². The van der Waals surface area contributed by atoms with Gasteiger partial charge in [-0.1, -0.05) is 11.6 Å². The van der Waals surface area contributed by atoms with E-state index >= 15 is 0 Å². The number of anilines is 2. The summed E-state index contributed by atoms with van der Waals surface area (Å²) in [6.07, 6.45) is 0. The van der Waals surface area contributed by atoms with Crippen molar-refractivity contribution in [3.05, 3.63) is 63.2 Å². The van der Waals surface area contributed by atoms with Crippen molar-refractivity contribution in [1.29, 1.82) is 5.26 Å². The van der Waals surface area contributed by atoms with Crippen LogP contribution < -0.4 is 10.2 Å². The highest BCUT2D eigenvalue weighted by molar-refractivity contribution is 6.30. The quantitative estimate of drug-likeness (QED) is 0.612. The molecule has 1 N–H and O–H groups in total. The Morgan fingerprint density at radius 1 is 1.18 bits per heavy atom. The number of rotatable bonds is 5. The van der Waals surface area contributed by atoms with Gasteiger partial charge in [0.2, 0.25) is 5.91 Å². The van der Waals surface area contributed by atoms with Crippen LogP contribution in [0, 0.1) is 21.4 Å². The van der Waals surface area contributed by atoms with Gasteiger partial charge in [-0.3, -0.25) is 19.8 Å². The molecule has 9 heteroatoms. The minimum absolute atomic E-state index is 0.0759. The Bertz CT molecular complexity index is 918. The van der Waals surface area contributed by atoms with Gasteiger partial charge in [0.1, 0.15) is 5.69 Å². The summed E-state index contributed by atoms with van der Waals surface area (Å²) in [6, 6.07) is 13.3. The lowest BCUT2D eigenvalue weighted by atomic mass is 10.1. The molecule has 1 amide bonds. The number of piperazine rings is 1. The lowest BCUT2D eigenvalue weighted by molar-refractivity contribution is -0.384. The number of nitro groups is 1. The van der Waals surface area contributed by atoms with E-state index < -0.39 is 4.92 Å². The second-order valence-electron chi connectivity index (χ2n) is 6.39. The van der Waals surface area contributed by atoms with Gasteiger partial charge in [0.15, 0.2) is 0 Å². The fraction of sp³-hybridized carbons (Fsp3) is 0.263. The summed E-state index contributed by atoms with van der Waals surface area (Å²) >= 11 is 5.83. The molecule has 0 radical (unpaired) electrons. The highest BCUT2D eigenvalue weighted by Crippen LogP contribution is 2.29. The van der Waals surface area contributed by atoms with Gasteiger partial charge < -0.3 is 10.2 Å². The molecule has 0 atom stereocenters. The maximum atomic E-state index is 12.2. The average Bonchev–Trinajstić information content (AvgIpc) is 2.70. The summed E-state index contributed by atoms with van der Waals surface area (Å²) in [4.78, 5) is 27.0. The molecular formula is C19H18ClN5O3. The maximum absolute atomic E-state index is 12.2. The third-order valence-corrected chi connectivity index (χ3v) is 4.76. The Hall–Kier alpha value is -3.15. The van der Waals surface area contributed by atoms with E-state index in [2.05, 4.69) is 5.32 Å². The third-order valence-electron chi connectivity index (χ3n) is 4.51. The highest BCUT2D eigenvalue weighted by Gasteiger charge is 2.25. The van der Waals surface area contributed by atoms with Crippen molar-refractivity contribution >= 4 is 34.6 Å². The molecule has 28 heavy (non-hydrogen) atoms. The Morgan fingerprint density at radius 3 is 2.46 bits per heavy atom. The fourth-order valence-corrected chi connectivity index (χ4v) is 3.22. The summed E-state index contributed by atoms with van der Waals surface area (Å²) in [5.41, 5.74) is 1.36. The van der Waals surface area contributed by atoms with E-state index in [4.69, 9.17) is 16.9 Å². The monoisotopic (exact) mass is 399 g/mol. The number of carbonyl (C=O) groups excluding carboxylic acids is 1. The minimum Gasteiger partial charge on any atom is -0.363 e. The van der Waals surface area contributed by atoms with E-state index in [0.717, 1.165) is 0 Å². The molecule has 1 fully saturated rings. The number of amides is 1. The first-order valence-electron chi connectivity index (χ1n) is 8.67. The lowest BCUT2D eigenvalue weighted by Gasteiger charge is -2.35. The van der Waals surface area contributed by atoms with Crippen LogP contribution in [0.4, 0.5) is 17.1 Å². The van der Waals surface area contributed by atoms with Crippen molar-refractivity contribution < 1.29 is 9.72 Å². The Kier molecular flexibility index (Phi) is 6.09. The average molecular weight is 400 g/mol. The van der Waals surface area contributed by atoms with Crippen LogP contribution >= 0.6 is 11.6 Å². The van der Waals surface area contributed by atoms with Crippen molar-refractivity contribution in [3.8, 4) is 6.07 Å². The molecular weight excluding hydrogens is 382 g/mol. The van der Waals surface area contributed by atoms with Crippen LogP contribution in [0.25, 0.3) is 0 Å². The molecule has 144 valence electrons. The van der Waals surface area contributed by atoms with Crippen LogP contribution in [0.3, 0.4) is 0 Å². The number of carbonyl (C=O) groups is 1. The van der Waals surface area contributed by atoms with E-state index in [9.17, 15) is 14.9 Å². The molecule has 1 aliphatic heterocycles. The van der Waals surface area contributed by atoms with Gasteiger partial charge in [-0.15, -0.1) is 0 Å². The maximum Gasteiger partial charge on any atom is 0.293 e. The fourth-order valence-electron chi connectivity index (χ4n) is 3.09. The van der Waals surface area contributed by atoms with Crippen molar-refractivity contribution in [2.45, 2.75) is 0 Å². The van der Waals surface area contributed by atoms with Crippen LogP contribution in [-0.2, 0) is 4.79 Å². The molecule has 1 aliphatic rings. The number of hydrogen-bond donors (Lipinski definition) is 1. The van der Waals surface area contributed by atoms with Gasteiger partial charge in [0.05, 0.1) is 23.1 Å². The molecule has 0 saturated carbocycles. The van der Waals surface area contributed by atoms with Crippen LogP contribution in [0.1, 0.15) is 5.56 Å². The molecule has 3 rings (SSSR count). The Labute approximate surface area is 167 Å². The second kappa shape index (κ2) is 8.69. The first-order valence-corrected chi connectivity index (χ1v) is 9.05. The summed E-state index contributed by atoms with van der Waals surface area (Å²) in [6.45, 7) is 2.56. The number of nitrogens with zero attached hydrogens (tertiary/aromatic N) is 4. The zero-order valence-corrected chi connectivity index (χ0v) is 15.7. The molecule has 1 saturated heterocycles. The van der Waals surface area contributed by atoms with Crippen LogP contribution in [0.5, 0.6) is 0 Å². The molecule has 1 heterocycles. The van der Waals surface area contributed by atoms with E-state index in [0.29, 0.717) is 42.6 Å². The van der Waals surface area contributed by atoms with E-state index in [1.807, 2.05) is 15.9 Å². The van der Waals surface area contributed by atoms with Crippen LogP contribution in [-0.4, -0.2) is 48.5 Å². The van der Waals surface area contributed by atoms with Gasteiger partial charge in [0, 0.05) is 43.0 Å². The van der Waals surface area contributed by atoms with Crippen LogP contribution in [0.15, 0.2) is 42.5 Å². The lowest BCUT2D eigenvalue weighted by Crippen LogP contribution is -2.48. The second-order valence-corrected chi connectivity index (χ2v) is 6.83. The molecule has 0 bridgehead atoms. The number of nitrogens with one attached hydrogen (secondary N) is 1. The molecule has 2 aromatic rings. The smallest absolute Gasteiger partial charge is 0.293 e. The third kappa shape index (κ3) is 4.76. The minimum atomic E-state index is -0.470. The topological polar surface area (TPSA) is 103 Å². The van der Waals surface area contributed by atoms with Gasteiger partial charge in [-0.25, -0.2) is 0 Å². The predicted octanol–water partition coefficient (Wildman–Crippen LogP) is 2.88. The molecule has 0 unspecified atom stereocenters. The molecule has 0 spiro atoms. The molecule has 0 aliphatic carbocycles. The Balaban J connectivity index is 1.57. The number of hydrogen-bond acceptors (Lipinski definition) is 6. The molecule has 8 nitrogen and oxygen atoms in total. The van der Waals surface area contributed by atoms with Gasteiger partial charge >= 0.3 is 0 Å².